The molecule has 0 saturated heterocycles. The van der Waals surface area contributed by atoms with Crippen LogP contribution in [0.1, 0.15) is 32.3 Å². The zero-order valence-corrected chi connectivity index (χ0v) is 9.83. The quantitative estimate of drug-likeness (QED) is 0.791. The standard InChI is InChI=1S/C12H18N4/c1-3-12(14,4-2)9-16-11-7-10(8-13)5-6-15-11/h5-7H,3-4,9,14H2,1-2H3,(H,15,16). The fraction of sp³-hybridized carbons (Fsp3) is 0.500. The molecule has 1 rings (SSSR count). The Bertz CT molecular complexity index is 377. The van der Waals surface area contributed by atoms with Crippen molar-refractivity contribution in [2.24, 2.45) is 5.73 Å². The molecule has 4 heteroatoms. The first-order valence-corrected chi connectivity index (χ1v) is 5.52. The Morgan fingerprint density at radius 1 is 1.50 bits per heavy atom. The SMILES string of the molecule is CCC(N)(CC)CNc1cc(C#N)ccn1. The van der Waals surface area contributed by atoms with Crippen LogP contribution in [0.5, 0.6) is 0 Å². The molecule has 0 radical (unpaired) electrons. The monoisotopic (exact) mass is 218 g/mol. The summed E-state index contributed by atoms with van der Waals surface area (Å²) in [6, 6.07) is 5.49. The second-order valence-corrected chi connectivity index (χ2v) is 3.96. The first-order chi connectivity index (χ1) is 7.63. The molecule has 0 amide bonds. The topological polar surface area (TPSA) is 74.7 Å². The van der Waals surface area contributed by atoms with Crippen LogP contribution < -0.4 is 11.1 Å². The molecule has 86 valence electrons. The number of pyridine rings is 1. The van der Waals surface area contributed by atoms with Crippen molar-refractivity contribution in [3.8, 4) is 6.07 Å². The smallest absolute Gasteiger partial charge is 0.127 e. The normalized spacial score (nSPS) is 10.9. The molecule has 16 heavy (non-hydrogen) atoms. The highest BCUT2D eigenvalue weighted by atomic mass is 15.0. The van der Waals surface area contributed by atoms with Crippen molar-refractivity contribution in [1.29, 1.82) is 5.26 Å². The average Bonchev–Trinajstić information content (AvgIpc) is 2.36. The Morgan fingerprint density at radius 2 is 2.19 bits per heavy atom. The molecule has 0 spiro atoms. The molecule has 1 aromatic heterocycles. The van der Waals surface area contributed by atoms with Gasteiger partial charge in [-0.1, -0.05) is 13.8 Å². The summed E-state index contributed by atoms with van der Waals surface area (Å²) in [5.41, 5.74) is 6.56. The van der Waals surface area contributed by atoms with Crippen molar-refractivity contribution in [3.05, 3.63) is 23.9 Å². The van der Waals surface area contributed by atoms with E-state index in [4.69, 9.17) is 11.0 Å². The van der Waals surface area contributed by atoms with Gasteiger partial charge in [-0.3, -0.25) is 0 Å². The van der Waals surface area contributed by atoms with E-state index in [1.807, 2.05) is 0 Å². The van der Waals surface area contributed by atoms with Crippen LogP contribution >= 0.6 is 0 Å². The largest absolute Gasteiger partial charge is 0.368 e. The highest BCUT2D eigenvalue weighted by Crippen LogP contribution is 2.13. The number of rotatable bonds is 5. The van der Waals surface area contributed by atoms with Crippen molar-refractivity contribution in [2.45, 2.75) is 32.2 Å². The van der Waals surface area contributed by atoms with Crippen molar-refractivity contribution in [2.75, 3.05) is 11.9 Å². The van der Waals surface area contributed by atoms with E-state index in [-0.39, 0.29) is 5.54 Å². The lowest BCUT2D eigenvalue weighted by molar-refractivity contribution is 0.418. The van der Waals surface area contributed by atoms with Crippen LogP contribution in [-0.4, -0.2) is 17.1 Å². The van der Waals surface area contributed by atoms with Gasteiger partial charge in [-0.05, 0) is 25.0 Å². The zero-order valence-electron chi connectivity index (χ0n) is 9.83. The number of hydrogen-bond donors (Lipinski definition) is 2. The molecule has 1 heterocycles. The summed E-state index contributed by atoms with van der Waals surface area (Å²) in [5.74, 6) is 0.704. The molecule has 0 aromatic carbocycles. The summed E-state index contributed by atoms with van der Waals surface area (Å²) in [7, 11) is 0. The first kappa shape index (κ1) is 12.5. The van der Waals surface area contributed by atoms with Gasteiger partial charge < -0.3 is 11.1 Å². The van der Waals surface area contributed by atoms with Crippen LogP contribution in [0.4, 0.5) is 5.82 Å². The maximum atomic E-state index is 8.75. The van der Waals surface area contributed by atoms with Gasteiger partial charge in [0.05, 0.1) is 11.6 Å². The Balaban J connectivity index is 2.64. The summed E-state index contributed by atoms with van der Waals surface area (Å²) in [6.45, 7) is 4.82. The minimum absolute atomic E-state index is 0.204. The van der Waals surface area contributed by atoms with Gasteiger partial charge in [0.15, 0.2) is 0 Å². The highest BCUT2D eigenvalue weighted by Gasteiger charge is 2.19. The lowest BCUT2D eigenvalue weighted by Crippen LogP contribution is -2.45. The van der Waals surface area contributed by atoms with Crippen molar-refractivity contribution in [1.82, 2.24) is 4.98 Å². The summed E-state index contributed by atoms with van der Waals surface area (Å²) in [4.78, 5) is 4.14. The number of aromatic nitrogens is 1. The van der Waals surface area contributed by atoms with Crippen LogP contribution in [0.2, 0.25) is 0 Å². The van der Waals surface area contributed by atoms with Gasteiger partial charge in [-0.25, -0.2) is 4.98 Å². The minimum Gasteiger partial charge on any atom is -0.368 e. The number of nitrogens with two attached hydrogens (primary N) is 1. The number of hydrogen-bond acceptors (Lipinski definition) is 4. The van der Waals surface area contributed by atoms with Crippen molar-refractivity contribution in [3.63, 3.8) is 0 Å². The van der Waals surface area contributed by atoms with E-state index in [9.17, 15) is 0 Å². The van der Waals surface area contributed by atoms with Crippen LogP contribution in [0.15, 0.2) is 18.3 Å². The average molecular weight is 218 g/mol. The van der Waals surface area contributed by atoms with Gasteiger partial charge in [0.25, 0.3) is 0 Å². The molecule has 0 bridgehead atoms. The summed E-state index contributed by atoms with van der Waals surface area (Å²) in [5, 5.41) is 11.9. The molecule has 3 N–H and O–H groups in total. The maximum absolute atomic E-state index is 8.75. The Morgan fingerprint density at radius 3 is 2.75 bits per heavy atom. The van der Waals surface area contributed by atoms with Crippen LogP contribution in [-0.2, 0) is 0 Å². The maximum Gasteiger partial charge on any atom is 0.127 e. The van der Waals surface area contributed by atoms with E-state index in [0.717, 1.165) is 12.8 Å². The summed E-state index contributed by atoms with van der Waals surface area (Å²) < 4.78 is 0. The Labute approximate surface area is 96.5 Å². The fourth-order valence-electron chi connectivity index (χ4n) is 1.36. The zero-order chi connectivity index (χ0) is 12.0. The van der Waals surface area contributed by atoms with Gasteiger partial charge in [-0.15, -0.1) is 0 Å². The molecule has 0 aliphatic heterocycles. The second kappa shape index (κ2) is 5.47. The van der Waals surface area contributed by atoms with Crippen LogP contribution in [0.25, 0.3) is 0 Å². The third-order valence-electron chi connectivity index (χ3n) is 2.92. The molecule has 0 saturated carbocycles. The Hall–Kier alpha value is -1.60. The van der Waals surface area contributed by atoms with E-state index in [0.29, 0.717) is 17.9 Å². The molecule has 0 atom stereocenters. The second-order valence-electron chi connectivity index (χ2n) is 3.96. The van der Waals surface area contributed by atoms with Crippen molar-refractivity contribution < 1.29 is 0 Å². The van der Waals surface area contributed by atoms with Gasteiger partial charge in [0.1, 0.15) is 5.82 Å². The predicted octanol–water partition coefficient (Wildman–Crippen LogP) is 1.88. The van der Waals surface area contributed by atoms with Crippen LogP contribution in [0, 0.1) is 11.3 Å². The lowest BCUT2D eigenvalue weighted by Gasteiger charge is -2.27. The number of anilines is 1. The van der Waals surface area contributed by atoms with E-state index in [1.165, 1.54) is 0 Å². The van der Waals surface area contributed by atoms with E-state index in [1.54, 1.807) is 18.3 Å². The fourth-order valence-corrected chi connectivity index (χ4v) is 1.36. The molecule has 0 unspecified atom stereocenters. The van der Waals surface area contributed by atoms with Crippen molar-refractivity contribution >= 4 is 5.82 Å². The summed E-state index contributed by atoms with van der Waals surface area (Å²) >= 11 is 0. The number of nitrogens with zero attached hydrogens (tertiary/aromatic N) is 2. The van der Waals surface area contributed by atoms with E-state index >= 15 is 0 Å². The first-order valence-electron chi connectivity index (χ1n) is 5.52. The molecular formula is C12H18N4. The van der Waals surface area contributed by atoms with E-state index < -0.39 is 0 Å². The Kier molecular flexibility index (Phi) is 4.27. The third kappa shape index (κ3) is 3.21. The van der Waals surface area contributed by atoms with E-state index in [2.05, 4.69) is 30.2 Å². The van der Waals surface area contributed by atoms with Gasteiger partial charge in [0.2, 0.25) is 0 Å². The summed E-state index contributed by atoms with van der Waals surface area (Å²) in [6.07, 6.45) is 3.44. The predicted molar refractivity (Wildman–Crippen MR) is 64.9 cm³/mol. The molecular weight excluding hydrogens is 200 g/mol. The van der Waals surface area contributed by atoms with Gasteiger partial charge in [-0.2, -0.15) is 5.26 Å². The van der Waals surface area contributed by atoms with Gasteiger partial charge in [0, 0.05) is 18.3 Å². The molecule has 0 aliphatic carbocycles. The number of nitrogens with one attached hydrogen (secondary N) is 1. The third-order valence-corrected chi connectivity index (χ3v) is 2.92. The molecule has 4 nitrogen and oxygen atoms in total. The molecule has 0 fully saturated rings. The molecule has 1 aromatic rings. The minimum atomic E-state index is -0.204. The van der Waals surface area contributed by atoms with Gasteiger partial charge >= 0.3 is 0 Å². The lowest BCUT2D eigenvalue weighted by atomic mass is 9.94. The molecule has 0 aliphatic rings. The highest BCUT2D eigenvalue weighted by molar-refractivity contribution is 5.42. The number of nitriles is 1. The van der Waals surface area contributed by atoms with Crippen LogP contribution in [0.3, 0.4) is 0 Å².